The minimum atomic E-state index is -0.352. The molecule has 2 rings (SSSR count). The molecule has 3 amide bonds. The maximum atomic E-state index is 12.1. The molecule has 6 nitrogen and oxygen atoms in total. The lowest BCUT2D eigenvalue weighted by Crippen LogP contribution is -2.45. The minimum absolute atomic E-state index is 0.0946. The first-order chi connectivity index (χ1) is 12.2. The lowest BCUT2D eigenvalue weighted by Gasteiger charge is -2.20. The van der Waals surface area contributed by atoms with E-state index in [0.717, 1.165) is 0 Å². The molecule has 0 saturated heterocycles. The van der Waals surface area contributed by atoms with Gasteiger partial charge in [-0.3, -0.25) is 14.4 Å². The Labute approximate surface area is 153 Å². The summed E-state index contributed by atoms with van der Waals surface area (Å²) in [6, 6.07) is 15.3. The molecule has 6 heteroatoms. The van der Waals surface area contributed by atoms with Gasteiger partial charge in [0.25, 0.3) is 11.8 Å². The van der Waals surface area contributed by atoms with Crippen molar-refractivity contribution >= 4 is 23.4 Å². The zero-order valence-corrected chi connectivity index (χ0v) is 15.1. The Morgan fingerprint density at radius 1 is 0.808 bits per heavy atom. The maximum absolute atomic E-state index is 12.1. The Balaban J connectivity index is 1.89. The van der Waals surface area contributed by atoms with Crippen molar-refractivity contribution < 1.29 is 14.4 Å². The summed E-state index contributed by atoms with van der Waals surface area (Å²) in [5.41, 5.74) is 1.20. The van der Waals surface area contributed by atoms with Crippen LogP contribution in [-0.4, -0.2) is 29.8 Å². The van der Waals surface area contributed by atoms with Crippen molar-refractivity contribution in [2.75, 3.05) is 11.9 Å². The smallest absolute Gasteiger partial charge is 0.255 e. The van der Waals surface area contributed by atoms with Gasteiger partial charge in [0.1, 0.15) is 0 Å². The van der Waals surface area contributed by atoms with E-state index in [1.54, 1.807) is 48.5 Å². The summed E-state index contributed by atoms with van der Waals surface area (Å²) < 4.78 is 0. The second-order valence-corrected chi connectivity index (χ2v) is 6.88. The topological polar surface area (TPSA) is 87.3 Å². The van der Waals surface area contributed by atoms with Crippen molar-refractivity contribution in [2.24, 2.45) is 0 Å². The highest BCUT2D eigenvalue weighted by Crippen LogP contribution is 2.11. The third-order valence-corrected chi connectivity index (χ3v) is 3.36. The second-order valence-electron chi connectivity index (χ2n) is 6.88. The van der Waals surface area contributed by atoms with Crippen LogP contribution in [0.5, 0.6) is 0 Å². The summed E-state index contributed by atoms with van der Waals surface area (Å²) in [6.07, 6.45) is 0. The van der Waals surface area contributed by atoms with Crippen molar-refractivity contribution in [3.63, 3.8) is 0 Å². The molecule has 0 bridgehead atoms. The number of carbonyl (C=O) groups excluding carboxylic acids is 3. The summed E-state index contributed by atoms with van der Waals surface area (Å²) in [7, 11) is 0. The molecule has 0 saturated carbocycles. The Hall–Kier alpha value is -3.15. The number of anilines is 1. The number of amides is 3. The fourth-order valence-electron chi connectivity index (χ4n) is 2.22. The zero-order chi connectivity index (χ0) is 19.2. The average molecular weight is 353 g/mol. The molecular formula is C20H23N3O3. The molecule has 3 N–H and O–H groups in total. The van der Waals surface area contributed by atoms with E-state index < -0.39 is 0 Å². The molecule has 0 heterocycles. The molecule has 0 aromatic heterocycles. The van der Waals surface area contributed by atoms with Gasteiger partial charge in [0.2, 0.25) is 5.91 Å². The van der Waals surface area contributed by atoms with Gasteiger partial charge in [-0.1, -0.05) is 18.2 Å². The van der Waals surface area contributed by atoms with Crippen molar-refractivity contribution in [1.82, 2.24) is 10.6 Å². The van der Waals surface area contributed by atoms with E-state index in [0.29, 0.717) is 16.8 Å². The molecule has 0 fully saturated rings. The predicted molar refractivity (Wildman–Crippen MR) is 101 cm³/mol. The first-order valence-electron chi connectivity index (χ1n) is 8.30. The van der Waals surface area contributed by atoms with Crippen LogP contribution in [0, 0.1) is 0 Å². The molecule has 0 unspecified atom stereocenters. The van der Waals surface area contributed by atoms with Crippen molar-refractivity contribution in [2.45, 2.75) is 26.3 Å². The molecule has 0 atom stereocenters. The highest BCUT2D eigenvalue weighted by molar-refractivity contribution is 6.04. The molecule has 0 spiro atoms. The van der Waals surface area contributed by atoms with E-state index in [1.807, 2.05) is 26.8 Å². The van der Waals surface area contributed by atoms with Crippen LogP contribution >= 0.6 is 0 Å². The highest BCUT2D eigenvalue weighted by atomic mass is 16.2. The van der Waals surface area contributed by atoms with Crippen LogP contribution in [0.15, 0.2) is 54.6 Å². The molecule has 2 aromatic rings. The average Bonchev–Trinajstić information content (AvgIpc) is 2.59. The van der Waals surface area contributed by atoms with Crippen LogP contribution in [0.4, 0.5) is 5.69 Å². The normalized spacial score (nSPS) is 10.7. The predicted octanol–water partition coefficient (Wildman–Crippen LogP) is 2.58. The molecule has 136 valence electrons. The van der Waals surface area contributed by atoms with E-state index >= 15 is 0 Å². The summed E-state index contributed by atoms with van der Waals surface area (Å²) in [4.78, 5) is 35.9. The number of carbonyl (C=O) groups is 3. The van der Waals surface area contributed by atoms with Gasteiger partial charge in [0, 0.05) is 22.4 Å². The van der Waals surface area contributed by atoms with Gasteiger partial charge in [-0.25, -0.2) is 0 Å². The lowest BCUT2D eigenvalue weighted by molar-refractivity contribution is -0.121. The van der Waals surface area contributed by atoms with Crippen LogP contribution in [0.1, 0.15) is 41.5 Å². The first kappa shape index (κ1) is 19.2. The third-order valence-electron chi connectivity index (χ3n) is 3.36. The van der Waals surface area contributed by atoms with Gasteiger partial charge < -0.3 is 16.0 Å². The Bertz CT molecular complexity index is 778. The standard InChI is InChI=1S/C20H23N3O3/c1-20(2,3)23-17(24)13-21-18(25)15-9-11-16(12-10-15)22-19(26)14-7-5-4-6-8-14/h4-12H,13H2,1-3H3,(H,21,25)(H,22,26)(H,23,24). The molecule has 2 aromatic carbocycles. The molecule has 26 heavy (non-hydrogen) atoms. The van der Waals surface area contributed by atoms with Gasteiger partial charge in [-0.2, -0.15) is 0 Å². The fraction of sp³-hybridized carbons (Fsp3) is 0.250. The number of hydrogen-bond acceptors (Lipinski definition) is 3. The van der Waals surface area contributed by atoms with Crippen LogP contribution in [-0.2, 0) is 4.79 Å². The fourth-order valence-corrected chi connectivity index (χ4v) is 2.22. The Morgan fingerprint density at radius 2 is 1.38 bits per heavy atom. The van der Waals surface area contributed by atoms with Gasteiger partial charge in [0.05, 0.1) is 6.54 Å². The van der Waals surface area contributed by atoms with Crippen molar-refractivity contribution in [3.8, 4) is 0 Å². The van der Waals surface area contributed by atoms with Crippen LogP contribution in [0.25, 0.3) is 0 Å². The van der Waals surface area contributed by atoms with Gasteiger partial charge in [0.15, 0.2) is 0 Å². The lowest BCUT2D eigenvalue weighted by atomic mass is 10.1. The molecular weight excluding hydrogens is 330 g/mol. The quantitative estimate of drug-likeness (QED) is 0.772. The van der Waals surface area contributed by atoms with E-state index in [4.69, 9.17) is 0 Å². The molecule has 0 aliphatic rings. The summed E-state index contributed by atoms with van der Waals surface area (Å²) in [6.45, 7) is 5.52. The van der Waals surface area contributed by atoms with E-state index in [9.17, 15) is 14.4 Å². The van der Waals surface area contributed by atoms with Crippen LogP contribution in [0.3, 0.4) is 0 Å². The number of nitrogens with one attached hydrogen (secondary N) is 3. The molecule has 0 aliphatic carbocycles. The van der Waals surface area contributed by atoms with Crippen LogP contribution in [0.2, 0.25) is 0 Å². The monoisotopic (exact) mass is 353 g/mol. The van der Waals surface area contributed by atoms with Gasteiger partial charge in [-0.05, 0) is 57.2 Å². The molecule has 0 radical (unpaired) electrons. The third kappa shape index (κ3) is 6.05. The maximum Gasteiger partial charge on any atom is 0.255 e. The Morgan fingerprint density at radius 3 is 1.96 bits per heavy atom. The number of benzene rings is 2. The van der Waals surface area contributed by atoms with Crippen molar-refractivity contribution in [1.29, 1.82) is 0 Å². The SMILES string of the molecule is CC(C)(C)NC(=O)CNC(=O)c1ccc(NC(=O)c2ccccc2)cc1. The molecule has 0 aliphatic heterocycles. The number of hydrogen-bond donors (Lipinski definition) is 3. The van der Waals surface area contributed by atoms with Crippen molar-refractivity contribution in [3.05, 3.63) is 65.7 Å². The van der Waals surface area contributed by atoms with E-state index in [1.165, 1.54) is 0 Å². The summed E-state index contributed by atoms with van der Waals surface area (Å²) in [5.74, 6) is -0.825. The largest absolute Gasteiger partial charge is 0.350 e. The summed E-state index contributed by atoms with van der Waals surface area (Å²) >= 11 is 0. The zero-order valence-electron chi connectivity index (χ0n) is 15.1. The minimum Gasteiger partial charge on any atom is -0.350 e. The summed E-state index contributed by atoms with van der Waals surface area (Å²) in [5, 5.41) is 8.11. The van der Waals surface area contributed by atoms with Gasteiger partial charge in [-0.15, -0.1) is 0 Å². The van der Waals surface area contributed by atoms with E-state index in [-0.39, 0.29) is 29.8 Å². The van der Waals surface area contributed by atoms with E-state index in [2.05, 4.69) is 16.0 Å². The van der Waals surface area contributed by atoms with Crippen LogP contribution < -0.4 is 16.0 Å². The highest BCUT2D eigenvalue weighted by Gasteiger charge is 2.14. The first-order valence-corrected chi connectivity index (χ1v) is 8.30. The van der Waals surface area contributed by atoms with Gasteiger partial charge >= 0.3 is 0 Å². The second kappa shape index (κ2) is 8.29. The Kier molecular flexibility index (Phi) is 6.11. The number of rotatable bonds is 5.